The predicted molar refractivity (Wildman–Crippen MR) is 132 cm³/mol. The minimum Gasteiger partial charge on any atom is -0.490 e. The first-order chi connectivity index (χ1) is 15.2. The molecule has 7 nitrogen and oxygen atoms in total. The molecule has 0 aliphatic heterocycles. The Kier molecular flexibility index (Phi) is 7.84. The Balaban J connectivity index is 2.14. The summed E-state index contributed by atoms with van der Waals surface area (Å²) in [5, 5.41) is 4.95. The molecule has 3 rings (SSSR count). The highest BCUT2D eigenvalue weighted by Gasteiger charge is 2.17. The highest BCUT2D eigenvalue weighted by Crippen LogP contribution is 2.36. The number of fused-ring (bicyclic) bond motifs is 1. The van der Waals surface area contributed by atoms with Crippen LogP contribution in [0.2, 0.25) is 0 Å². The molecule has 0 radical (unpaired) electrons. The van der Waals surface area contributed by atoms with E-state index in [1.807, 2.05) is 32.9 Å². The average Bonchev–Trinajstić information content (AvgIpc) is 2.75. The standard InChI is InChI=1S/C23H23Br2N3O4/c1-5-13(3)22-27-19-8-7-16(24)11-17(19)23(30)28(22)26-12-15-9-18(25)21(32-14(4)29)20(10-15)31-6-2/h7-13H,5-6H2,1-4H3/t13-/m0/s1. The molecule has 0 saturated heterocycles. The van der Waals surface area contributed by atoms with Crippen LogP contribution in [0, 0.1) is 0 Å². The van der Waals surface area contributed by atoms with Gasteiger partial charge in [0.15, 0.2) is 11.5 Å². The van der Waals surface area contributed by atoms with Crippen molar-refractivity contribution < 1.29 is 14.3 Å². The van der Waals surface area contributed by atoms with Crippen molar-refractivity contribution in [1.82, 2.24) is 9.66 Å². The summed E-state index contributed by atoms with van der Waals surface area (Å²) in [5.74, 6) is 0.861. The van der Waals surface area contributed by atoms with Gasteiger partial charge in [-0.3, -0.25) is 9.59 Å². The van der Waals surface area contributed by atoms with E-state index in [1.54, 1.807) is 24.4 Å². The molecule has 0 bridgehead atoms. The van der Waals surface area contributed by atoms with Crippen LogP contribution in [0.5, 0.6) is 11.5 Å². The van der Waals surface area contributed by atoms with Crippen LogP contribution in [0.1, 0.15) is 51.4 Å². The van der Waals surface area contributed by atoms with Crippen LogP contribution in [0.4, 0.5) is 0 Å². The van der Waals surface area contributed by atoms with Crippen molar-refractivity contribution in [1.29, 1.82) is 0 Å². The average molecular weight is 565 g/mol. The Labute approximate surface area is 202 Å². The van der Waals surface area contributed by atoms with E-state index < -0.39 is 5.97 Å². The maximum absolute atomic E-state index is 13.3. The number of carbonyl (C=O) groups excluding carboxylic acids is 1. The van der Waals surface area contributed by atoms with Crippen molar-refractivity contribution in [3.63, 3.8) is 0 Å². The number of ether oxygens (including phenoxy) is 2. The van der Waals surface area contributed by atoms with Gasteiger partial charge in [0.25, 0.3) is 5.56 Å². The number of aromatic nitrogens is 2. The number of benzene rings is 2. The van der Waals surface area contributed by atoms with Gasteiger partial charge in [-0.25, -0.2) is 4.98 Å². The lowest BCUT2D eigenvalue weighted by molar-refractivity contribution is -0.132. The van der Waals surface area contributed by atoms with Crippen LogP contribution in [-0.4, -0.2) is 28.5 Å². The topological polar surface area (TPSA) is 82.8 Å². The fourth-order valence-electron chi connectivity index (χ4n) is 3.07. The second-order valence-corrected chi connectivity index (χ2v) is 8.93. The zero-order chi connectivity index (χ0) is 23.4. The molecule has 1 heterocycles. The molecule has 1 aromatic heterocycles. The summed E-state index contributed by atoms with van der Waals surface area (Å²) in [6, 6.07) is 8.87. The largest absolute Gasteiger partial charge is 0.490 e. The molecule has 0 unspecified atom stereocenters. The quantitative estimate of drug-likeness (QED) is 0.211. The van der Waals surface area contributed by atoms with Gasteiger partial charge in [-0.2, -0.15) is 9.78 Å². The highest BCUT2D eigenvalue weighted by atomic mass is 79.9. The molecule has 32 heavy (non-hydrogen) atoms. The summed E-state index contributed by atoms with van der Waals surface area (Å²) in [5.41, 5.74) is 1.04. The van der Waals surface area contributed by atoms with Crippen LogP contribution in [0.3, 0.4) is 0 Å². The molecule has 2 aromatic carbocycles. The number of hydrogen-bond donors (Lipinski definition) is 0. The van der Waals surface area contributed by atoms with E-state index in [2.05, 4.69) is 37.0 Å². The maximum atomic E-state index is 13.3. The molecule has 0 aliphatic rings. The normalized spacial score (nSPS) is 12.3. The molecule has 168 valence electrons. The van der Waals surface area contributed by atoms with Crippen molar-refractivity contribution in [3.8, 4) is 11.5 Å². The second kappa shape index (κ2) is 10.4. The van der Waals surface area contributed by atoms with Gasteiger partial charge in [-0.15, -0.1) is 0 Å². The van der Waals surface area contributed by atoms with E-state index in [0.717, 1.165) is 10.9 Å². The first kappa shape index (κ1) is 24.1. The highest BCUT2D eigenvalue weighted by molar-refractivity contribution is 9.10. The van der Waals surface area contributed by atoms with Gasteiger partial charge in [-0.05, 0) is 65.2 Å². The van der Waals surface area contributed by atoms with Crippen LogP contribution < -0.4 is 15.0 Å². The van der Waals surface area contributed by atoms with Crippen molar-refractivity contribution in [2.75, 3.05) is 6.61 Å². The van der Waals surface area contributed by atoms with Gasteiger partial charge in [0.1, 0.15) is 5.82 Å². The van der Waals surface area contributed by atoms with Gasteiger partial charge < -0.3 is 9.47 Å². The minimum absolute atomic E-state index is 0.0324. The monoisotopic (exact) mass is 563 g/mol. The number of carbonyl (C=O) groups is 1. The van der Waals surface area contributed by atoms with E-state index in [9.17, 15) is 9.59 Å². The lowest BCUT2D eigenvalue weighted by Gasteiger charge is -2.14. The number of esters is 1. The zero-order valence-corrected chi connectivity index (χ0v) is 21.4. The number of rotatable bonds is 7. The number of hydrogen-bond acceptors (Lipinski definition) is 6. The van der Waals surface area contributed by atoms with Crippen LogP contribution in [-0.2, 0) is 4.79 Å². The van der Waals surface area contributed by atoms with Gasteiger partial charge in [0.2, 0.25) is 0 Å². The van der Waals surface area contributed by atoms with Crippen molar-refractivity contribution in [2.45, 2.75) is 40.0 Å². The van der Waals surface area contributed by atoms with E-state index >= 15 is 0 Å². The summed E-state index contributed by atoms with van der Waals surface area (Å²) in [7, 11) is 0. The molecule has 3 aromatic rings. The molecule has 9 heteroatoms. The Hall–Kier alpha value is -2.52. The van der Waals surface area contributed by atoms with Crippen LogP contribution in [0.15, 0.2) is 49.2 Å². The Bertz CT molecular complexity index is 1250. The third-order valence-corrected chi connectivity index (χ3v) is 5.87. The van der Waals surface area contributed by atoms with Gasteiger partial charge in [0, 0.05) is 17.3 Å². The zero-order valence-electron chi connectivity index (χ0n) is 18.2. The van der Waals surface area contributed by atoms with E-state index in [1.165, 1.54) is 11.6 Å². The van der Waals surface area contributed by atoms with Gasteiger partial charge in [0.05, 0.1) is 28.2 Å². The molecule has 0 saturated carbocycles. The third kappa shape index (κ3) is 5.27. The van der Waals surface area contributed by atoms with E-state index in [-0.39, 0.29) is 11.5 Å². The van der Waals surface area contributed by atoms with Gasteiger partial charge >= 0.3 is 5.97 Å². The smallest absolute Gasteiger partial charge is 0.308 e. The molecule has 0 fully saturated rings. The second-order valence-electron chi connectivity index (χ2n) is 7.16. The summed E-state index contributed by atoms with van der Waals surface area (Å²) >= 11 is 6.83. The number of halogens is 2. The first-order valence-corrected chi connectivity index (χ1v) is 11.7. The predicted octanol–water partition coefficient (Wildman–Crippen LogP) is 5.64. The summed E-state index contributed by atoms with van der Waals surface area (Å²) < 4.78 is 13.6. The lowest BCUT2D eigenvalue weighted by atomic mass is 10.1. The molecular formula is C23H23Br2N3O4. The van der Waals surface area contributed by atoms with Crippen molar-refractivity contribution in [2.24, 2.45) is 5.10 Å². The Morgan fingerprint density at radius 1 is 1.25 bits per heavy atom. The first-order valence-electron chi connectivity index (χ1n) is 10.2. The third-order valence-electron chi connectivity index (χ3n) is 4.79. The molecule has 0 amide bonds. The number of nitrogens with zero attached hydrogens (tertiary/aromatic N) is 3. The summed E-state index contributed by atoms with van der Waals surface area (Å²) in [4.78, 5) is 29.4. The van der Waals surface area contributed by atoms with Crippen LogP contribution in [0.25, 0.3) is 10.9 Å². The minimum atomic E-state index is -0.453. The van der Waals surface area contributed by atoms with Gasteiger partial charge in [-0.1, -0.05) is 29.8 Å². The summed E-state index contributed by atoms with van der Waals surface area (Å²) in [6.07, 6.45) is 2.37. The molecule has 1 atom stereocenters. The van der Waals surface area contributed by atoms with E-state index in [0.29, 0.717) is 44.9 Å². The van der Waals surface area contributed by atoms with Crippen molar-refractivity contribution >= 4 is 54.9 Å². The molecule has 0 aliphatic carbocycles. The van der Waals surface area contributed by atoms with E-state index in [4.69, 9.17) is 14.5 Å². The summed E-state index contributed by atoms with van der Waals surface area (Å²) in [6.45, 7) is 7.60. The Morgan fingerprint density at radius 2 is 2.00 bits per heavy atom. The molecule has 0 spiro atoms. The fourth-order valence-corrected chi connectivity index (χ4v) is 3.97. The Morgan fingerprint density at radius 3 is 2.66 bits per heavy atom. The fraction of sp³-hybridized carbons (Fsp3) is 0.304. The molecule has 0 N–H and O–H groups in total. The van der Waals surface area contributed by atoms with Crippen molar-refractivity contribution in [3.05, 3.63) is 61.0 Å². The molecular weight excluding hydrogens is 542 g/mol. The lowest BCUT2D eigenvalue weighted by Crippen LogP contribution is -2.23. The SMILES string of the molecule is CCOc1cc(C=Nn2c([C@@H](C)CC)nc3ccc(Br)cc3c2=O)cc(Br)c1OC(C)=O. The van der Waals surface area contributed by atoms with Crippen LogP contribution >= 0.6 is 31.9 Å². The maximum Gasteiger partial charge on any atom is 0.308 e.